The summed E-state index contributed by atoms with van der Waals surface area (Å²) in [7, 11) is 1.32. The van der Waals surface area contributed by atoms with Gasteiger partial charge in [-0.25, -0.2) is 14.6 Å². The van der Waals surface area contributed by atoms with E-state index in [0.29, 0.717) is 10.9 Å². The molecule has 0 fully saturated rings. The summed E-state index contributed by atoms with van der Waals surface area (Å²) in [4.78, 5) is 27.8. The second-order valence-electron chi connectivity index (χ2n) is 4.06. The molecular formula is C14H12BrNO5. The van der Waals surface area contributed by atoms with Crippen LogP contribution < -0.4 is 4.74 Å². The van der Waals surface area contributed by atoms with Crippen molar-refractivity contribution in [2.45, 2.75) is 6.92 Å². The van der Waals surface area contributed by atoms with Crippen LogP contribution in [0.25, 0.3) is 10.9 Å². The van der Waals surface area contributed by atoms with Crippen LogP contribution in [-0.4, -0.2) is 35.7 Å². The van der Waals surface area contributed by atoms with E-state index in [1.807, 2.05) is 0 Å². The topological polar surface area (TPSA) is 85.7 Å². The Morgan fingerprint density at radius 2 is 2.05 bits per heavy atom. The number of carboxylic acid groups (broad SMARTS) is 1. The molecule has 0 aliphatic rings. The number of hydrogen-bond acceptors (Lipinski definition) is 5. The predicted molar refractivity (Wildman–Crippen MR) is 78.9 cm³/mol. The summed E-state index contributed by atoms with van der Waals surface area (Å²) in [5.74, 6) is -2.09. The second-order valence-corrected chi connectivity index (χ2v) is 4.97. The average molecular weight is 354 g/mol. The Labute approximate surface area is 128 Å². The lowest BCUT2D eigenvalue weighted by Crippen LogP contribution is -2.15. The molecule has 1 N–H and O–H groups in total. The zero-order valence-electron chi connectivity index (χ0n) is 11.3. The second kappa shape index (κ2) is 6.09. The van der Waals surface area contributed by atoms with Crippen molar-refractivity contribution in [3.8, 4) is 5.88 Å². The number of esters is 1. The summed E-state index contributed by atoms with van der Waals surface area (Å²) in [6.07, 6.45) is 0. The molecule has 2 aromatic rings. The Balaban J connectivity index is 2.87. The Bertz CT molecular complexity index is 729. The van der Waals surface area contributed by atoms with Gasteiger partial charge in [-0.2, -0.15) is 0 Å². The van der Waals surface area contributed by atoms with Crippen molar-refractivity contribution in [3.63, 3.8) is 0 Å². The molecule has 0 aliphatic heterocycles. The van der Waals surface area contributed by atoms with Gasteiger partial charge in [0.15, 0.2) is 0 Å². The minimum Gasteiger partial charge on any atom is -0.480 e. The molecule has 0 atom stereocenters. The number of carbonyl (C=O) groups excluding carboxylic acids is 1. The third-order valence-electron chi connectivity index (χ3n) is 2.80. The molecule has 21 heavy (non-hydrogen) atoms. The predicted octanol–water partition coefficient (Wildman–Crippen LogP) is 2.88. The summed E-state index contributed by atoms with van der Waals surface area (Å²) in [6.45, 7) is 1.76. The summed E-state index contributed by atoms with van der Waals surface area (Å²) < 4.78 is 10.7. The van der Waals surface area contributed by atoms with Gasteiger partial charge < -0.3 is 14.6 Å². The number of pyridine rings is 1. The Morgan fingerprint density at radius 3 is 2.62 bits per heavy atom. The number of rotatable bonds is 4. The van der Waals surface area contributed by atoms with Crippen LogP contribution >= 0.6 is 15.9 Å². The molecule has 0 saturated heterocycles. The van der Waals surface area contributed by atoms with Gasteiger partial charge in [-0.3, -0.25) is 0 Å². The molecule has 1 aromatic carbocycles. The molecule has 6 nitrogen and oxygen atoms in total. The number of methoxy groups -OCH3 is 1. The van der Waals surface area contributed by atoms with Crippen molar-refractivity contribution < 1.29 is 24.2 Å². The van der Waals surface area contributed by atoms with E-state index in [-0.39, 0.29) is 23.6 Å². The molecule has 0 spiro atoms. The number of halogens is 1. The number of nitrogens with zero attached hydrogens (tertiary/aromatic N) is 1. The third kappa shape index (κ3) is 2.82. The van der Waals surface area contributed by atoms with E-state index in [1.54, 1.807) is 25.1 Å². The fraction of sp³-hybridized carbons (Fsp3) is 0.214. The van der Waals surface area contributed by atoms with Crippen LogP contribution in [0.15, 0.2) is 22.7 Å². The van der Waals surface area contributed by atoms with E-state index in [4.69, 9.17) is 9.47 Å². The van der Waals surface area contributed by atoms with Gasteiger partial charge in [0.05, 0.1) is 24.8 Å². The van der Waals surface area contributed by atoms with Gasteiger partial charge in [0.1, 0.15) is 5.56 Å². The van der Waals surface area contributed by atoms with Gasteiger partial charge in [0, 0.05) is 9.86 Å². The highest BCUT2D eigenvalue weighted by Gasteiger charge is 2.27. The maximum absolute atomic E-state index is 12.0. The summed E-state index contributed by atoms with van der Waals surface area (Å²) >= 11 is 3.29. The van der Waals surface area contributed by atoms with Crippen molar-refractivity contribution in [1.82, 2.24) is 4.98 Å². The zero-order chi connectivity index (χ0) is 15.6. The van der Waals surface area contributed by atoms with Crippen LogP contribution in [0.4, 0.5) is 0 Å². The summed E-state index contributed by atoms with van der Waals surface area (Å²) in [5, 5.41) is 9.81. The zero-order valence-corrected chi connectivity index (χ0v) is 12.9. The first-order chi connectivity index (χ1) is 9.99. The van der Waals surface area contributed by atoms with E-state index in [2.05, 4.69) is 20.9 Å². The largest absolute Gasteiger partial charge is 0.480 e. The number of carboxylic acids is 1. The lowest BCUT2D eigenvalue weighted by molar-refractivity contribution is 0.0510. The van der Waals surface area contributed by atoms with Gasteiger partial charge >= 0.3 is 11.9 Å². The smallest absolute Gasteiger partial charge is 0.344 e. The number of benzene rings is 1. The molecule has 0 saturated carbocycles. The van der Waals surface area contributed by atoms with Crippen LogP contribution in [0.2, 0.25) is 0 Å². The van der Waals surface area contributed by atoms with Gasteiger partial charge in [0.25, 0.3) is 0 Å². The molecule has 7 heteroatoms. The highest BCUT2D eigenvalue weighted by atomic mass is 79.9. The van der Waals surface area contributed by atoms with E-state index in [9.17, 15) is 14.7 Å². The number of hydrogen-bond donors (Lipinski definition) is 1. The molecule has 0 aliphatic carbocycles. The Hall–Kier alpha value is -2.15. The SMILES string of the molecule is CCOC(=O)c1c(OC)nc2cc(Br)ccc2c1C(=O)O. The van der Waals surface area contributed by atoms with E-state index in [0.717, 1.165) is 4.47 Å². The highest BCUT2D eigenvalue weighted by Crippen LogP contribution is 2.30. The molecule has 0 amide bonds. The van der Waals surface area contributed by atoms with Gasteiger partial charge in [-0.05, 0) is 19.1 Å². The number of carbonyl (C=O) groups is 2. The van der Waals surface area contributed by atoms with Crippen molar-refractivity contribution in [1.29, 1.82) is 0 Å². The lowest BCUT2D eigenvalue weighted by atomic mass is 10.0. The maximum Gasteiger partial charge on any atom is 0.344 e. The van der Waals surface area contributed by atoms with Gasteiger partial charge in [0.2, 0.25) is 5.88 Å². The van der Waals surface area contributed by atoms with Crippen LogP contribution in [0.5, 0.6) is 5.88 Å². The van der Waals surface area contributed by atoms with Crippen molar-refractivity contribution >= 4 is 38.8 Å². The molecule has 0 unspecified atom stereocenters. The summed E-state index contributed by atoms with van der Waals surface area (Å²) in [5.41, 5.74) is 0.0520. The minimum absolute atomic E-state index is 0.0727. The van der Waals surface area contributed by atoms with E-state index < -0.39 is 11.9 Å². The molecule has 1 heterocycles. The number of fused-ring (bicyclic) bond motifs is 1. The highest BCUT2D eigenvalue weighted by molar-refractivity contribution is 9.10. The van der Waals surface area contributed by atoms with Crippen LogP contribution in [0.3, 0.4) is 0 Å². The van der Waals surface area contributed by atoms with Crippen molar-refractivity contribution in [2.75, 3.05) is 13.7 Å². The van der Waals surface area contributed by atoms with Crippen molar-refractivity contribution in [2.24, 2.45) is 0 Å². The quantitative estimate of drug-likeness (QED) is 0.850. The number of ether oxygens (including phenoxy) is 2. The Morgan fingerprint density at radius 1 is 1.33 bits per heavy atom. The van der Waals surface area contributed by atoms with Crippen molar-refractivity contribution in [3.05, 3.63) is 33.8 Å². The normalized spacial score (nSPS) is 10.4. The third-order valence-corrected chi connectivity index (χ3v) is 3.30. The fourth-order valence-corrected chi connectivity index (χ4v) is 2.33. The molecule has 1 aromatic heterocycles. The number of aromatic carboxylic acids is 1. The molecular weight excluding hydrogens is 342 g/mol. The summed E-state index contributed by atoms with van der Waals surface area (Å²) in [6, 6.07) is 4.91. The monoisotopic (exact) mass is 353 g/mol. The maximum atomic E-state index is 12.0. The molecule has 110 valence electrons. The fourth-order valence-electron chi connectivity index (χ4n) is 1.98. The molecule has 0 radical (unpaired) electrons. The van der Waals surface area contributed by atoms with Gasteiger partial charge in [-0.15, -0.1) is 0 Å². The standard InChI is InChI=1S/C14H12BrNO5/c1-3-21-14(19)11-10(13(17)18)8-5-4-7(15)6-9(8)16-12(11)20-2/h4-6H,3H2,1-2H3,(H,17,18). The first-order valence-electron chi connectivity index (χ1n) is 6.07. The average Bonchev–Trinajstić information content (AvgIpc) is 2.44. The van der Waals surface area contributed by atoms with E-state index in [1.165, 1.54) is 7.11 Å². The van der Waals surface area contributed by atoms with Crippen LogP contribution in [-0.2, 0) is 4.74 Å². The van der Waals surface area contributed by atoms with Crippen LogP contribution in [0, 0.1) is 0 Å². The van der Waals surface area contributed by atoms with Gasteiger partial charge in [-0.1, -0.05) is 22.0 Å². The minimum atomic E-state index is -1.24. The van der Waals surface area contributed by atoms with E-state index >= 15 is 0 Å². The number of aromatic nitrogens is 1. The lowest BCUT2D eigenvalue weighted by Gasteiger charge is -2.12. The molecule has 0 bridgehead atoms. The van der Waals surface area contributed by atoms with Crippen LogP contribution in [0.1, 0.15) is 27.6 Å². The first kappa shape index (κ1) is 15.2. The Kier molecular flexibility index (Phi) is 4.42. The first-order valence-corrected chi connectivity index (χ1v) is 6.86. The molecule has 2 rings (SSSR count).